The average molecular weight is 417 g/mol. The van der Waals surface area contributed by atoms with Crippen molar-refractivity contribution in [1.29, 1.82) is 0 Å². The lowest BCUT2D eigenvalue weighted by atomic mass is 9.95. The number of hydrogen-bond acceptors (Lipinski definition) is 3. The molecule has 30 heavy (non-hydrogen) atoms. The van der Waals surface area contributed by atoms with Crippen LogP contribution in [0.2, 0.25) is 0 Å². The summed E-state index contributed by atoms with van der Waals surface area (Å²) in [4.78, 5) is 26.7. The van der Waals surface area contributed by atoms with E-state index in [-0.39, 0.29) is 5.78 Å². The van der Waals surface area contributed by atoms with Crippen LogP contribution in [-0.4, -0.2) is 11.3 Å². The predicted molar refractivity (Wildman–Crippen MR) is 123 cm³/mol. The van der Waals surface area contributed by atoms with E-state index in [1.807, 2.05) is 65.8 Å². The normalized spacial score (nSPS) is 11.3. The van der Waals surface area contributed by atoms with Gasteiger partial charge in [-0.1, -0.05) is 41.0 Å². The van der Waals surface area contributed by atoms with Gasteiger partial charge in [-0.2, -0.15) is 0 Å². The van der Waals surface area contributed by atoms with Crippen molar-refractivity contribution in [2.24, 2.45) is 0 Å². The van der Waals surface area contributed by atoms with E-state index in [9.17, 15) is 14.2 Å². The summed E-state index contributed by atoms with van der Waals surface area (Å²) in [6, 6.07) is 14.4. The first-order valence-electron chi connectivity index (χ1n) is 9.94. The summed E-state index contributed by atoms with van der Waals surface area (Å²) in [5.74, 6) is -0.203. The molecule has 1 unspecified atom stereocenters. The lowest BCUT2D eigenvalue weighted by Crippen LogP contribution is -2.18. The second kappa shape index (κ2) is 8.45. The first kappa shape index (κ1) is 21.8. The molecule has 0 aliphatic heterocycles. The largest absolute Gasteiger partial charge is 0.459 e. The zero-order valence-corrected chi connectivity index (χ0v) is 19.2. The molecule has 0 radical (unpaired) electrons. The van der Waals surface area contributed by atoms with Crippen LogP contribution >= 0.6 is 7.80 Å². The van der Waals surface area contributed by atoms with E-state index < -0.39 is 13.3 Å². The van der Waals surface area contributed by atoms with Gasteiger partial charge in [-0.05, 0) is 87.1 Å². The Morgan fingerprint density at radius 1 is 0.667 bits per heavy atom. The average Bonchev–Trinajstić information content (AvgIpc) is 2.71. The molecule has 0 aromatic heterocycles. The summed E-state index contributed by atoms with van der Waals surface area (Å²) in [7, 11) is -2.44. The van der Waals surface area contributed by atoms with Crippen LogP contribution in [0.5, 0.6) is 0 Å². The molecule has 0 heterocycles. The predicted octanol–water partition coefficient (Wildman–Crippen LogP) is 6.06. The summed E-state index contributed by atoms with van der Waals surface area (Å²) in [6.45, 7) is 11.5. The van der Waals surface area contributed by atoms with Crippen molar-refractivity contribution in [3.63, 3.8) is 0 Å². The topological polar surface area (TPSA) is 51.2 Å². The molecule has 3 nitrogen and oxygen atoms in total. The number of carbonyl (C=O) groups is 2. The molecule has 4 heteroatoms. The highest BCUT2D eigenvalue weighted by molar-refractivity contribution is 7.71. The molecule has 0 spiro atoms. The Labute approximate surface area is 178 Å². The highest BCUT2D eigenvalue weighted by atomic mass is 31.1. The van der Waals surface area contributed by atoms with E-state index in [0.717, 1.165) is 33.4 Å². The van der Waals surface area contributed by atoms with Crippen LogP contribution < -0.4 is 5.30 Å². The van der Waals surface area contributed by atoms with Gasteiger partial charge in [0.2, 0.25) is 5.30 Å². The van der Waals surface area contributed by atoms with Gasteiger partial charge in [0.1, 0.15) is 0 Å². The number of benzene rings is 3. The van der Waals surface area contributed by atoms with Crippen molar-refractivity contribution in [3.8, 4) is 0 Å². The highest BCUT2D eigenvalue weighted by Gasteiger charge is 2.38. The monoisotopic (exact) mass is 417 g/mol. The van der Waals surface area contributed by atoms with Gasteiger partial charge < -0.3 is 0 Å². The lowest BCUT2D eigenvalue weighted by Gasteiger charge is -2.11. The van der Waals surface area contributed by atoms with Crippen molar-refractivity contribution in [2.45, 2.75) is 41.5 Å². The van der Waals surface area contributed by atoms with Crippen molar-refractivity contribution >= 4 is 24.4 Å². The van der Waals surface area contributed by atoms with Crippen LogP contribution in [-0.2, 0) is 4.57 Å². The molecular weight excluding hydrogens is 391 g/mol. The van der Waals surface area contributed by atoms with E-state index in [1.54, 1.807) is 24.3 Å². The molecule has 0 aliphatic rings. The Morgan fingerprint density at radius 3 is 1.90 bits per heavy atom. The third-order valence-electron chi connectivity index (χ3n) is 5.83. The third-order valence-corrected chi connectivity index (χ3v) is 7.25. The van der Waals surface area contributed by atoms with Gasteiger partial charge in [-0.25, -0.2) is 4.79 Å². The maximum absolute atomic E-state index is 13.4. The summed E-state index contributed by atoms with van der Waals surface area (Å²) in [5.41, 5.74) is 6.48. The van der Waals surface area contributed by atoms with Crippen LogP contribution in [0, 0.1) is 41.5 Å². The zero-order chi connectivity index (χ0) is 22.2. The van der Waals surface area contributed by atoms with Crippen LogP contribution in [0.3, 0.4) is 0 Å². The highest BCUT2D eigenvalue weighted by Crippen LogP contribution is 2.33. The first-order valence-corrected chi connectivity index (χ1v) is 11.2. The molecule has 0 amide bonds. The molecule has 1 atom stereocenters. The molecule has 152 valence electrons. The van der Waals surface area contributed by atoms with Crippen molar-refractivity contribution in [2.75, 3.05) is 0 Å². The molecule has 0 fully saturated rings. The summed E-state index contributed by atoms with van der Waals surface area (Å²) in [6.07, 6.45) is 0. The third kappa shape index (κ3) is 3.78. The number of rotatable bonds is 5. The molecule has 3 aromatic carbocycles. The Bertz CT molecular complexity index is 1180. The van der Waals surface area contributed by atoms with Gasteiger partial charge in [0.25, 0.3) is 0 Å². The van der Waals surface area contributed by atoms with Gasteiger partial charge in [-0.15, -0.1) is 0 Å². The van der Waals surface area contributed by atoms with E-state index in [4.69, 9.17) is 0 Å². The second-order valence-electron chi connectivity index (χ2n) is 7.85. The maximum Gasteiger partial charge on any atom is 0.459 e. The molecule has 0 saturated heterocycles. The molecule has 0 saturated carbocycles. The van der Waals surface area contributed by atoms with Gasteiger partial charge in [0.05, 0.1) is 11.1 Å². The quantitative estimate of drug-likeness (QED) is 0.374. The smallest absolute Gasteiger partial charge is 0.288 e. The molecule has 0 N–H and O–H groups in total. The van der Waals surface area contributed by atoms with Gasteiger partial charge in [0, 0.05) is 5.56 Å². The Morgan fingerprint density at radius 2 is 1.27 bits per heavy atom. The van der Waals surface area contributed by atoms with E-state index in [2.05, 4.69) is 0 Å². The van der Waals surface area contributed by atoms with Crippen molar-refractivity contribution in [3.05, 3.63) is 98.6 Å². The minimum atomic E-state index is -2.44. The molecule has 3 rings (SSSR count). The van der Waals surface area contributed by atoms with Crippen LogP contribution in [0.4, 0.5) is 0 Å². The Kier molecular flexibility index (Phi) is 6.14. The van der Waals surface area contributed by atoms with Gasteiger partial charge in [0.15, 0.2) is 5.78 Å². The molecule has 3 aromatic rings. The second-order valence-corrected chi connectivity index (χ2v) is 9.32. The van der Waals surface area contributed by atoms with Crippen LogP contribution in [0.15, 0.2) is 48.5 Å². The summed E-state index contributed by atoms with van der Waals surface area (Å²) in [5, 5.41) is 0.294. The van der Waals surface area contributed by atoms with E-state index in [1.165, 1.54) is 0 Å². The van der Waals surface area contributed by atoms with E-state index in [0.29, 0.717) is 22.0 Å². The number of ketones is 1. The fourth-order valence-corrected chi connectivity index (χ4v) is 5.36. The maximum atomic E-state index is 13.4. The summed E-state index contributed by atoms with van der Waals surface area (Å²) < 4.78 is 13.4. The fourth-order valence-electron chi connectivity index (χ4n) is 3.97. The number of hydrogen-bond donors (Lipinski definition) is 0. The van der Waals surface area contributed by atoms with Gasteiger partial charge >= 0.3 is 13.3 Å². The van der Waals surface area contributed by atoms with Crippen molar-refractivity contribution in [1.82, 2.24) is 0 Å². The van der Waals surface area contributed by atoms with E-state index >= 15 is 0 Å². The molecule has 0 aliphatic carbocycles. The van der Waals surface area contributed by atoms with Crippen LogP contribution in [0.1, 0.15) is 59.7 Å². The number of aryl methyl sites for hydroxylation is 4. The fraction of sp³-hybridized carbons (Fsp3) is 0.231. The lowest BCUT2D eigenvalue weighted by molar-refractivity contribution is 0.103. The van der Waals surface area contributed by atoms with Crippen LogP contribution in [0.25, 0.3) is 0 Å². The molecular formula is C26H26O3P+. The number of carbonyl (C=O) groups excluding carboxylic acids is 2. The zero-order valence-electron chi connectivity index (χ0n) is 18.3. The van der Waals surface area contributed by atoms with Gasteiger partial charge in [-0.3, -0.25) is 4.79 Å². The van der Waals surface area contributed by atoms with Crippen molar-refractivity contribution < 1.29 is 14.2 Å². The Hall–Kier alpha value is -2.90. The minimum absolute atomic E-state index is 0.203. The summed E-state index contributed by atoms with van der Waals surface area (Å²) >= 11 is 0. The Balaban J connectivity index is 2.11. The molecule has 0 bridgehead atoms. The minimum Gasteiger partial charge on any atom is -0.288 e. The first-order chi connectivity index (χ1) is 14.1. The SMILES string of the molecule is Cc1cc(C)c(C(=O)[P+](=O)c2ccccc2C(=O)c2c(C)cccc2C)c(C)c1C. The standard InChI is InChI=1S/C26H26O3P/c1-15-10-9-11-16(2)23(15)25(27)21-12-7-8-13-22(21)30(29)26(28)24-18(4)14-17(3)19(5)20(24)6/h7-14H,1-6H3/q+1.